The molecule has 0 radical (unpaired) electrons. The number of carbonyl (C=O) groups excluding carboxylic acids is 1. The summed E-state index contributed by atoms with van der Waals surface area (Å²) in [4.78, 5) is 11.6. The summed E-state index contributed by atoms with van der Waals surface area (Å²) in [6.07, 6.45) is -0.435. The lowest BCUT2D eigenvalue weighted by Gasteiger charge is -2.22. The zero-order chi connectivity index (χ0) is 15.3. The van der Waals surface area contributed by atoms with Crippen molar-refractivity contribution < 1.29 is 9.53 Å². The Hall–Kier alpha value is -1.55. The predicted molar refractivity (Wildman–Crippen MR) is 81.7 cm³/mol. The first-order valence-electron chi connectivity index (χ1n) is 7.02. The Kier molecular flexibility index (Phi) is 5.57. The van der Waals surface area contributed by atoms with Gasteiger partial charge < -0.3 is 15.8 Å². The highest BCUT2D eigenvalue weighted by molar-refractivity contribution is 5.67. The maximum absolute atomic E-state index is 11.6. The minimum absolute atomic E-state index is 0.235. The van der Waals surface area contributed by atoms with Crippen LogP contribution in [0.15, 0.2) is 24.3 Å². The lowest BCUT2D eigenvalue weighted by molar-refractivity contribution is 0.0524. The van der Waals surface area contributed by atoms with Gasteiger partial charge in [-0.1, -0.05) is 38.1 Å². The number of nitrogens with one attached hydrogen (secondary N) is 1. The van der Waals surface area contributed by atoms with Crippen LogP contribution in [0, 0.1) is 0 Å². The summed E-state index contributed by atoms with van der Waals surface area (Å²) < 4.78 is 5.20. The summed E-state index contributed by atoms with van der Waals surface area (Å²) in [6, 6.07) is 7.83. The van der Waals surface area contributed by atoms with Gasteiger partial charge in [0, 0.05) is 12.6 Å². The van der Waals surface area contributed by atoms with E-state index in [-0.39, 0.29) is 6.04 Å². The third kappa shape index (κ3) is 5.21. The van der Waals surface area contributed by atoms with E-state index in [1.165, 1.54) is 5.56 Å². The van der Waals surface area contributed by atoms with Gasteiger partial charge in [-0.3, -0.25) is 0 Å². The molecule has 1 amide bonds. The van der Waals surface area contributed by atoms with Crippen LogP contribution in [0.25, 0.3) is 0 Å². The first-order chi connectivity index (χ1) is 9.20. The molecule has 0 saturated heterocycles. The van der Waals surface area contributed by atoms with Crippen LogP contribution in [0.5, 0.6) is 0 Å². The number of nitrogens with two attached hydrogens (primary N) is 1. The molecule has 1 rings (SSSR count). The van der Waals surface area contributed by atoms with Gasteiger partial charge in [-0.05, 0) is 37.8 Å². The Morgan fingerprint density at radius 1 is 1.25 bits per heavy atom. The molecule has 1 unspecified atom stereocenters. The summed E-state index contributed by atoms with van der Waals surface area (Å²) in [5.74, 6) is 0.402. The van der Waals surface area contributed by atoms with Crippen LogP contribution >= 0.6 is 0 Å². The number of hydrogen-bond donors (Lipinski definition) is 2. The molecule has 0 heterocycles. The Labute approximate surface area is 121 Å². The van der Waals surface area contributed by atoms with Crippen LogP contribution in [0.4, 0.5) is 4.79 Å². The van der Waals surface area contributed by atoms with E-state index in [1.54, 1.807) is 0 Å². The summed E-state index contributed by atoms with van der Waals surface area (Å²) in [6.45, 7) is 10.1. The van der Waals surface area contributed by atoms with Crippen molar-refractivity contribution in [3.8, 4) is 0 Å². The molecular formula is C16H26N2O2. The Morgan fingerprint density at radius 3 is 2.30 bits per heavy atom. The van der Waals surface area contributed by atoms with Crippen LogP contribution in [0.1, 0.15) is 57.7 Å². The van der Waals surface area contributed by atoms with Crippen molar-refractivity contribution in [2.75, 3.05) is 6.54 Å². The molecule has 0 fully saturated rings. The highest BCUT2D eigenvalue weighted by atomic mass is 16.6. The summed E-state index contributed by atoms with van der Waals surface area (Å²) >= 11 is 0. The second-order valence-electron chi connectivity index (χ2n) is 6.27. The van der Waals surface area contributed by atoms with Gasteiger partial charge in [0.15, 0.2) is 0 Å². The van der Waals surface area contributed by atoms with E-state index in [2.05, 4.69) is 25.2 Å². The third-order valence-electron chi connectivity index (χ3n) is 2.88. The lowest BCUT2D eigenvalue weighted by atomic mass is 9.93. The van der Waals surface area contributed by atoms with E-state index in [4.69, 9.17) is 10.5 Å². The fraction of sp³-hybridized carbons (Fsp3) is 0.562. The van der Waals surface area contributed by atoms with Crippen LogP contribution in [0.3, 0.4) is 0 Å². The van der Waals surface area contributed by atoms with Crippen molar-refractivity contribution in [3.63, 3.8) is 0 Å². The van der Waals surface area contributed by atoms with Crippen LogP contribution in [-0.4, -0.2) is 18.2 Å². The smallest absolute Gasteiger partial charge is 0.407 e. The highest BCUT2D eigenvalue weighted by Crippen LogP contribution is 2.23. The minimum Gasteiger partial charge on any atom is -0.444 e. The topological polar surface area (TPSA) is 64.3 Å². The molecule has 0 aromatic heterocycles. The molecule has 1 aromatic carbocycles. The van der Waals surface area contributed by atoms with Crippen molar-refractivity contribution in [2.24, 2.45) is 5.73 Å². The number of hydrogen-bond acceptors (Lipinski definition) is 3. The Bertz CT molecular complexity index is 450. The van der Waals surface area contributed by atoms with E-state index in [0.29, 0.717) is 12.5 Å². The van der Waals surface area contributed by atoms with Crippen LogP contribution in [0.2, 0.25) is 0 Å². The number of benzene rings is 1. The molecule has 0 saturated carbocycles. The van der Waals surface area contributed by atoms with Gasteiger partial charge in [-0.25, -0.2) is 4.79 Å². The molecule has 0 spiro atoms. The zero-order valence-corrected chi connectivity index (χ0v) is 13.1. The first-order valence-corrected chi connectivity index (χ1v) is 7.02. The van der Waals surface area contributed by atoms with E-state index in [0.717, 1.165) is 5.56 Å². The van der Waals surface area contributed by atoms with Gasteiger partial charge in [0.05, 0.1) is 0 Å². The quantitative estimate of drug-likeness (QED) is 0.888. The zero-order valence-electron chi connectivity index (χ0n) is 13.1. The number of alkyl carbamates (subject to hydrolysis) is 1. The molecular weight excluding hydrogens is 252 g/mol. The molecule has 1 atom stereocenters. The largest absolute Gasteiger partial charge is 0.444 e. The number of rotatable bonds is 4. The Morgan fingerprint density at radius 2 is 1.80 bits per heavy atom. The van der Waals surface area contributed by atoms with Crippen molar-refractivity contribution in [3.05, 3.63) is 35.4 Å². The average Bonchev–Trinajstić information content (AvgIpc) is 2.33. The first kappa shape index (κ1) is 16.5. The fourth-order valence-corrected chi connectivity index (χ4v) is 1.99. The molecule has 0 bridgehead atoms. The van der Waals surface area contributed by atoms with Gasteiger partial charge >= 0.3 is 6.09 Å². The normalized spacial score (nSPS) is 13.2. The molecule has 112 valence electrons. The standard InChI is InChI=1S/C16H26N2O2/c1-11(2)12-8-6-7-9-13(12)14(17)10-18-15(19)20-16(3,4)5/h6-9,11,14H,10,17H2,1-5H3,(H,18,19). The maximum Gasteiger partial charge on any atom is 0.407 e. The summed E-state index contributed by atoms with van der Waals surface area (Å²) in [5.41, 5.74) is 7.96. The average molecular weight is 278 g/mol. The third-order valence-corrected chi connectivity index (χ3v) is 2.88. The summed E-state index contributed by atoms with van der Waals surface area (Å²) in [7, 11) is 0. The number of carbonyl (C=O) groups is 1. The van der Waals surface area contributed by atoms with Crippen molar-refractivity contribution >= 4 is 6.09 Å². The van der Waals surface area contributed by atoms with Gasteiger partial charge in [0.1, 0.15) is 5.60 Å². The molecule has 3 N–H and O–H groups in total. The van der Waals surface area contributed by atoms with Crippen LogP contribution in [-0.2, 0) is 4.74 Å². The number of ether oxygens (including phenoxy) is 1. The molecule has 4 heteroatoms. The lowest BCUT2D eigenvalue weighted by Crippen LogP contribution is -2.36. The maximum atomic E-state index is 11.6. The van der Waals surface area contributed by atoms with Crippen LogP contribution < -0.4 is 11.1 Å². The second kappa shape index (κ2) is 6.75. The van der Waals surface area contributed by atoms with E-state index in [9.17, 15) is 4.79 Å². The molecule has 4 nitrogen and oxygen atoms in total. The fourth-order valence-electron chi connectivity index (χ4n) is 1.99. The molecule has 0 aliphatic rings. The minimum atomic E-state index is -0.496. The molecule has 1 aromatic rings. The Balaban J connectivity index is 2.64. The van der Waals surface area contributed by atoms with E-state index < -0.39 is 11.7 Å². The van der Waals surface area contributed by atoms with Crippen molar-refractivity contribution in [1.29, 1.82) is 0 Å². The number of amides is 1. The predicted octanol–water partition coefficient (Wildman–Crippen LogP) is 3.33. The second-order valence-corrected chi connectivity index (χ2v) is 6.27. The van der Waals surface area contributed by atoms with Gasteiger partial charge in [0.2, 0.25) is 0 Å². The molecule has 0 aliphatic carbocycles. The monoisotopic (exact) mass is 278 g/mol. The van der Waals surface area contributed by atoms with E-state index >= 15 is 0 Å². The van der Waals surface area contributed by atoms with E-state index in [1.807, 2.05) is 39.0 Å². The van der Waals surface area contributed by atoms with Gasteiger partial charge in [-0.2, -0.15) is 0 Å². The van der Waals surface area contributed by atoms with Gasteiger partial charge in [0.25, 0.3) is 0 Å². The van der Waals surface area contributed by atoms with Gasteiger partial charge in [-0.15, -0.1) is 0 Å². The highest BCUT2D eigenvalue weighted by Gasteiger charge is 2.18. The SMILES string of the molecule is CC(C)c1ccccc1C(N)CNC(=O)OC(C)(C)C. The van der Waals surface area contributed by atoms with Crippen molar-refractivity contribution in [2.45, 2.75) is 52.2 Å². The molecule has 20 heavy (non-hydrogen) atoms. The summed E-state index contributed by atoms with van der Waals surface area (Å²) in [5, 5.41) is 2.72. The molecule has 0 aliphatic heterocycles. The van der Waals surface area contributed by atoms with Crippen molar-refractivity contribution in [1.82, 2.24) is 5.32 Å².